The first-order chi connectivity index (χ1) is 5.16. The van der Waals surface area contributed by atoms with Gasteiger partial charge in [0, 0.05) is 0 Å². The van der Waals surface area contributed by atoms with Crippen LogP contribution in [0.2, 0.25) is 10.1 Å². The van der Waals surface area contributed by atoms with Crippen molar-refractivity contribution in [3.05, 3.63) is 0 Å². The third-order valence-corrected chi connectivity index (χ3v) is 4.70. The minimum atomic E-state index is -1.08. The third-order valence-electron chi connectivity index (χ3n) is 1.79. The summed E-state index contributed by atoms with van der Waals surface area (Å²) in [6.07, 6.45) is -2.85. The Balaban J connectivity index is 2.52. The van der Waals surface area contributed by atoms with Crippen molar-refractivity contribution >= 4 is 15.0 Å². The van der Waals surface area contributed by atoms with Gasteiger partial charge >= 0.3 is 70.4 Å². The normalized spacial score (nSPS) is 45.8. The fourth-order valence-electron chi connectivity index (χ4n) is 1.03. The van der Waals surface area contributed by atoms with Crippen molar-refractivity contribution < 1.29 is 20.4 Å². The SMILES string of the molecule is OC[C@@H]1[Se]C[C@@H](O)[C@@H](O)[C@@H]1O. The Labute approximate surface area is 71.0 Å². The van der Waals surface area contributed by atoms with Gasteiger partial charge in [0.05, 0.1) is 0 Å². The van der Waals surface area contributed by atoms with Gasteiger partial charge in [0.15, 0.2) is 0 Å². The first-order valence-electron chi connectivity index (χ1n) is 3.43. The summed E-state index contributed by atoms with van der Waals surface area (Å²) in [6.45, 7) is -0.106. The summed E-state index contributed by atoms with van der Waals surface area (Å²) < 4.78 is 0. The first-order valence-corrected chi connectivity index (χ1v) is 5.63. The predicted octanol–water partition coefficient (Wildman–Crippen LogP) is -2.01. The monoisotopic (exact) mass is 228 g/mol. The van der Waals surface area contributed by atoms with Crippen LogP contribution in [0.4, 0.5) is 0 Å². The van der Waals surface area contributed by atoms with E-state index in [4.69, 9.17) is 15.3 Å². The molecule has 4 N–H and O–H groups in total. The molecule has 5 heteroatoms. The van der Waals surface area contributed by atoms with E-state index in [2.05, 4.69) is 0 Å². The summed E-state index contributed by atoms with van der Waals surface area (Å²) in [6, 6.07) is 0. The molecule has 0 aromatic rings. The van der Waals surface area contributed by atoms with Crippen molar-refractivity contribution in [2.24, 2.45) is 0 Å². The van der Waals surface area contributed by atoms with E-state index in [-0.39, 0.29) is 26.4 Å². The molecule has 1 rings (SSSR count). The van der Waals surface area contributed by atoms with E-state index >= 15 is 0 Å². The average molecular weight is 227 g/mol. The van der Waals surface area contributed by atoms with E-state index < -0.39 is 18.3 Å². The van der Waals surface area contributed by atoms with Gasteiger partial charge < -0.3 is 0 Å². The molecule has 0 aliphatic carbocycles. The standard InChI is InChI=1S/C6H12O4Se/c7-1-4-6(10)5(9)3(8)2-11-4/h3-10H,1-2H2/t3-,4+,5-,6-/m1/s1. The van der Waals surface area contributed by atoms with Crippen LogP contribution in [-0.4, -0.2) is 60.3 Å². The zero-order chi connectivity index (χ0) is 8.43. The molecule has 1 aliphatic heterocycles. The maximum absolute atomic E-state index is 9.25. The number of hydrogen-bond acceptors (Lipinski definition) is 4. The summed E-state index contributed by atoms with van der Waals surface area (Å²) in [5.74, 6) is 0. The van der Waals surface area contributed by atoms with Crippen LogP contribution in [0, 0.1) is 0 Å². The molecule has 11 heavy (non-hydrogen) atoms. The van der Waals surface area contributed by atoms with Crippen molar-refractivity contribution in [1.29, 1.82) is 0 Å². The molecule has 0 aromatic carbocycles. The first kappa shape index (κ1) is 9.45. The molecule has 4 nitrogen and oxygen atoms in total. The summed E-state index contributed by atoms with van der Waals surface area (Å²) >= 11 is 0.0345. The molecule has 1 fully saturated rings. The quantitative estimate of drug-likeness (QED) is 0.390. The van der Waals surface area contributed by atoms with Crippen molar-refractivity contribution in [2.75, 3.05) is 6.61 Å². The Morgan fingerprint density at radius 1 is 1.18 bits per heavy atom. The molecule has 4 atom stereocenters. The summed E-state index contributed by atoms with van der Waals surface area (Å²) in [5, 5.41) is 36.7. The van der Waals surface area contributed by atoms with Crippen LogP contribution in [-0.2, 0) is 0 Å². The van der Waals surface area contributed by atoms with Crippen molar-refractivity contribution in [2.45, 2.75) is 28.4 Å². The molecule has 0 radical (unpaired) electrons. The van der Waals surface area contributed by atoms with Crippen LogP contribution in [0.1, 0.15) is 0 Å². The van der Waals surface area contributed by atoms with Gasteiger partial charge in [-0.15, -0.1) is 0 Å². The summed E-state index contributed by atoms with van der Waals surface area (Å²) in [7, 11) is 0. The number of aliphatic hydroxyl groups is 4. The second-order valence-corrected chi connectivity index (χ2v) is 5.27. The Bertz CT molecular complexity index is 130. The van der Waals surface area contributed by atoms with Crippen LogP contribution < -0.4 is 0 Å². The molecule has 0 unspecified atom stereocenters. The zero-order valence-electron chi connectivity index (χ0n) is 5.92. The summed E-state index contributed by atoms with van der Waals surface area (Å²) in [5.41, 5.74) is 0. The maximum atomic E-state index is 9.25. The van der Waals surface area contributed by atoms with Crippen LogP contribution in [0.15, 0.2) is 0 Å². The molecule has 0 bridgehead atoms. The van der Waals surface area contributed by atoms with E-state index in [1.165, 1.54) is 0 Å². The fraction of sp³-hybridized carbons (Fsp3) is 1.00. The Kier molecular flexibility index (Phi) is 3.30. The van der Waals surface area contributed by atoms with Gasteiger partial charge in [0.25, 0.3) is 0 Å². The number of aliphatic hydroxyl groups excluding tert-OH is 4. The Morgan fingerprint density at radius 2 is 1.82 bits per heavy atom. The van der Waals surface area contributed by atoms with Gasteiger partial charge in [-0.25, -0.2) is 0 Å². The Hall–Kier alpha value is 0.359. The fourth-order valence-corrected chi connectivity index (χ4v) is 3.35. The second-order valence-electron chi connectivity index (χ2n) is 2.60. The van der Waals surface area contributed by atoms with Crippen molar-refractivity contribution in [3.8, 4) is 0 Å². The number of rotatable bonds is 1. The van der Waals surface area contributed by atoms with Gasteiger partial charge in [-0.05, 0) is 0 Å². The molecule has 1 heterocycles. The number of hydrogen-bond donors (Lipinski definition) is 4. The van der Waals surface area contributed by atoms with Crippen LogP contribution in [0.25, 0.3) is 0 Å². The van der Waals surface area contributed by atoms with E-state index in [1.54, 1.807) is 0 Å². The van der Waals surface area contributed by atoms with E-state index in [0.29, 0.717) is 5.32 Å². The van der Waals surface area contributed by atoms with Crippen molar-refractivity contribution in [3.63, 3.8) is 0 Å². The molecule has 0 amide bonds. The van der Waals surface area contributed by atoms with Gasteiger partial charge in [-0.2, -0.15) is 0 Å². The molecule has 66 valence electrons. The molecule has 1 saturated heterocycles. The van der Waals surface area contributed by atoms with Crippen LogP contribution in [0.3, 0.4) is 0 Å². The topological polar surface area (TPSA) is 80.9 Å². The van der Waals surface area contributed by atoms with E-state index in [0.717, 1.165) is 0 Å². The zero-order valence-corrected chi connectivity index (χ0v) is 7.63. The van der Waals surface area contributed by atoms with Gasteiger partial charge in [0.1, 0.15) is 0 Å². The molecule has 1 aliphatic rings. The summed E-state index contributed by atoms with van der Waals surface area (Å²) in [4.78, 5) is -0.221. The van der Waals surface area contributed by atoms with E-state index in [1.807, 2.05) is 0 Å². The average Bonchev–Trinajstić information content (AvgIpc) is 2.01. The molecule has 0 aromatic heterocycles. The van der Waals surface area contributed by atoms with E-state index in [9.17, 15) is 5.11 Å². The predicted molar refractivity (Wildman–Crippen MR) is 39.4 cm³/mol. The van der Waals surface area contributed by atoms with Gasteiger partial charge in [0.2, 0.25) is 0 Å². The van der Waals surface area contributed by atoms with Crippen LogP contribution >= 0.6 is 0 Å². The second kappa shape index (κ2) is 3.85. The molecule has 0 saturated carbocycles. The minimum absolute atomic E-state index is 0.0345. The molecule has 0 spiro atoms. The third kappa shape index (κ3) is 1.93. The van der Waals surface area contributed by atoms with Crippen LogP contribution in [0.5, 0.6) is 0 Å². The van der Waals surface area contributed by atoms with Crippen molar-refractivity contribution in [1.82, 2.24) is 0 Å². The van der Waals surface area contributed by atoms with Gasteiger partial charge in [-0.1, -0.05) is 0 Å². The molecular weight excluding hydrogens is 215 g/mol. The van der Waals surface area contributed by atoms with Gasteiger partial charge in [-0.3, -0.25) is 0 Å². The Morgan fingerprint density at radius 3 is 2.36 bits per heavy atom. The molecular formula is C6H12O4Se.